The van der Waals surface area contributed by atoms with E-state index in [9.17, 15) is 14.0 Å². The van der Waals surface area contributed by atoms with Crippen LogP contribution in [0.2, 0.25) is 0 Å². The Kier molecular flexibility index (Phi) is 7.86. The molecule has 0 aliphatic carbocycles. The molecule has 4 nitrogen and oxygen atoms in total. The lowest BCUT2D eigenvalue weighted by molar-refractivity contribution is -0.115. The molecule has 5 rings (SSSR count). The zero-order chi connectivity index (χ0) is 26.5. The van der Waals surface area contributed by atoms with Crippen LogP contribution in [0.4, 0.5) is 15.8 Å². The molecule has 1 atom stereocenters. The van der Waals surface area contributed by atoms with Crippen LogP contribution in [-0.2, 0) is 4.79 Å². The quantitative estimate of drug-likeness (QED) is 0.189. The molecule has 5 aromatic carbocycles. The first-order valence-electron chi connectivity index (χ1n) is 11.8. The third-order valence-corrected chi connectivity index (χ3v) is 7.67. The third kappa shape index (κ3) is 6.13. The SMILES string of the molecule is O=C(Nc1ccc(SC(C(=O)Nc2ccc(Br)cc2F)c2ccccc2)cc1)c1ccc2ccccc2c1. The highest BCUT2D eigenvalue weighted by Gasteiger charge is 2.23. The van der Waals surface area contributed by atoms with Gasteiger partial charge in [0.05, 0.1) is 5.69 Å². The molecule has 38 heavy (non-hydrogen) atoms. The van der Waals surface area contributed by atoms with Gasteiger partial charge in [0.1, 0.15) is 11.1 Å². The molecule has 2 amide bonds. The number of halogens is 2. The van der Waals surface area contributed by atoms with E-state index in [1.807, 2.05) is 78.9 Å². The molecular weight excluding hydrogens is 563 g/mol. The number of carbonyl (C=O) groups excluding carboxylic acids is 2. The molecule has 0 spiro atoms. The molecule has 0 heterocycles. The molecule has 5 aromatic rings. The second-order valence-electron chi connectivity index (χ2n) is 8.56. The van der Waals surface area contributed by atoms with Crippen molar-refractivity contribution >= 4 is 61.7 Å². The van der Waals surface area contributed by atoms with Crippen LogP contribution >= 0.6 is 27.7 Å². The maximum Gasteiger partial charge on any atom is 0.255 e. The highest BCUT2D eigenvalue weighted by Crippen LogP contribution is 2.37. The van der Waals surface area contributed by atoms with Gasteiger partial charge in [-0.15, -0.1) is 11.8 Å². The molecule has 0 bridgehead atoms. The van der Waals surface area contributed by atoms with Gasteiger partial charge in [-0.25, -0.2) is 4.39 Å². The molecule has 2 N–H and O–H groups in total. The number of hydrogen-bond donors (Lipinski definition) is 2. The maximum atomic E-state index is 14.4. The molecule has 0 aliphatic rings. The Labute approximate surface area is 232 Å². The van der Waals surface area contributed by atoms with Crippen LogP contribution in [-0.4, -0.2) is 11.8 Å². The monoisotopic (exact) mass is 584 g/mol. The van der Waals surface area contributed by atoms with Crippen LogP contribution in [0.3, 0.4) is 0 Å². The highest BCUT2D eigenvalue weighted by molar-refractivity contribution is 9.10. The van der Waals surface area contributed by atoms with E-state index in [-0.39, 0.29) is 17.5 Å². The predicted molar refractivity (Wildman–Crippen MR) is 156 cm³/mol. The fourth-order valence-corrected chi connectivity index (χ4v) is 5.33. The van der Waals surface area contributed by atoms with Gasteiger partial charge >= 0.3 is 0 Å². The summed E-state index contributed by atoms with van der Waals surface area (Å²) in [5, 5.41) is 7.10. The molecule has 0 aromatic heterocycles. The van der Waals surface area contributed by atoms with Crippen molar-refractivity contribution in [3.05, 3.63) is 137 Å². The van der Waals surface area contributed by atoms with Crippen molar-refractivity contribution in [2.24, 2.45) is 0 Å². The van der Waals surface area contributed by atoms with Crippen molar-refractivity contribution in [3.8, 4) is 0 Å². The van der Waals surface area contributed by atoms with Gasteiger partial charge in [-0.3, -0.25) is 9.59 Å². The summed E-state index contributed by atoms with van der Waals surface area (Å²) in [5.74, 6) is -1.05. The molecule has 0 aliphatic heterocycles. The molecule has 0 saturated heterocycles. The minimum Gasteiger partial charge on any atom is -0.322 e. The fourth-order valence-electron chi connectivity index (χ4n) is 3.98. The molecule has 7 heteroatoms. The van der Waals surface area contributed by atoms with Crippen LogP contribution in [0, 0.1) is 5.82 Å². The van der Waals surface area contributed by atoms with E-state index in [4.69, 9.17) is 0 Å². The molecule has 0 fully saturated rings. The van der Waals surface area contributed by atoms with Gasteiger partial charge in [0.25, 0.3) is 5.91 Å². The second-order valence-corrected chi connectivity index (χ2v) is 10.7. The van der Waals surface area contributed by atoms with Gasteiger partial charge < -0.3 is 10.6 Å². The van der Waals surface area contributed by atoms with E-state index in [2.05, 4.69) is 26.6 Å². The predicted octanol–water partition coefficient (Wildman–Crippen LogP) is 8.47. The van der Waals surface area contributed by atoms with Gasteiger partial charge in [0.2, 0.25) is 5.91 Å². The van der Waals surface area contributed by atoms with Crippen molar-refractivity contribution in [1.82, 2.24) is 0 Å². The Balaban J connectivity index is 1.31. The van der Waals surface area contributed by atoms with E-state index in [0.717, 1.165) is 21.2 Å². The summed E-state index contributed by atoms with van der Waals surface area (Å²) in [6, 6.07) is 34.6. The van der Waals surface area contributed by atoms with E-state index in [0.29, 0.717) is 15.7 Å². The van der Waals surface area contributed by atoms with Crippen LogP contribution < -0.4 is 10.6 Å². The largest absolute Gasteiger partial charge is 0.322 e. The van der Waals surface area contributed by atoms with Crippen LogP contribution in [0.25, 0.3) is 10.8 Å². The summed E-state index contributed by atoms with van der Waals surface area (Å²) in [6.45, 7) is 0. The average molecular weight is 585 g/mol. The van der Waals surface area contributed by atoms with Crippen molar-refractivity contribution in [1.29, 1.82) is 0 Å². The molecule has 0 radical (unpaired) electrons. The number of rotatable bonds is 7. The van der Waals surface area contributed by atoms with E-state index >= 15 is 0 Å². The Morgan fingerprint density at radius 2 is 1.45 bits per heavy atom. The summed E-state index contributed by atoms with van der Waals surface area (Å²) in [5.41, 5.74) is 2.13. The first-order chi connectivity index (χ1) is 18.5. The van der Waals surface area contributed by atoms with Gasteiger partial charge in [0.15, 0.2) is 0 Å². The Morgan fingerprint density at radius 3 is 2.18 bits per heavy atom. The van der Waals surface area contributed by atoms with Crippen molar-refractivity contribution in [3.63, 3.8) is 0 Å². The first-order valence-corrected chi connectivity index (χ1v) is 13.5. The van der Waals surface area contributed by atoms with Gasteiger partial charge in [-0.05, 0) is 70.9 Å². The number of amides is 2. The van der Waals surface area contributed by atoms with Crippen LogP contribution in [0.15, 0.2) is 125 Å². The lowest BCUT2D eigenvalue weighted by Crippen LogP contribution is -2.19. The van der Waals surface area contributed by atoms with Gasteiger partial charge in [-0.1, -0.05) is 76.6 Å². The minimum atomic E-state index is -0.614. The number of fused-ring (bicyclic) bond motifs is 1. The summed E-state index contributed by atoms with van der Waals surface area (Å²) in [4.78, 5) is 26.9. The van der Waals surface area contributed by atoms with Crippen LogP contribution in [0.5, 0.6) is 0 Å². The lowest BCUT2D eigenvalue weighted by atomic mass is 10.1. The molecule has 188 valence electrons. The van der Waals surface area contributed by atoms with E-state index in [1.165, 1.54) is 23.9 Å². The molecular formula is C31H22BrFN2O2S. The van der Waals surface area contributed by atoms with E-state index in [1.54, 1.807) is 24.3 Å². The summed E-state index contributed by atoms with van der Waals surface area (Å²) in [6.07, 6.45) is 0. The third-order valence-electron chi connectivity index (χ3n) is 5.91. The topological polar surface area (TPSA) is 58.2 Å². The average Bonchev–Trinajstić information content (AvgIpc) is 2.94. The number of benzene rings is 5. The number of hydrogen-bond acceptors (Lipinski definition) is 3. The van der Waals surface area contributed by atoms with Crippen molar-refractivity contribution in [2.45, 2.75) is 10.1 Å². The highest BCUT2D eigenvalue weighted by atomic mass is 79.9. The van der Waals surface area contributed by atoms with Crippen LogP contribution in [0.1, 0.15) is 21.2 Å². The first kappa shape index (κ1) is 25.7. The van der Waals surface area contributed by atoms with Gasteiger partial charge in [-0.2, -0.15) is 0 Å². The summed E-state index contributed by atoms with van der Waals surface area (Å²) < 4.78 is 15.0. The zero-order valence-corrected chi connectivity index (χ0v) is 22.4. The standard InChI is InChI=1S/C31H22BrFN2O2S/c32-24-12-17-28(27(33)19-24)35-31(37)29(21-7-2-1-3-8-21)38-26-15-13-25(14-16-26)34-30(36)23-11-10-20-6-4-5-9-22(20)18-23/h1-19,29H,(H,34,36)(H,35,37). The minimum absolute atomic E-state index is 0.117. The number of thioether (sulfide) groups is 1. The van der Waals surface area contributed by atoms with Crippen molar-refractivity contribution in [2.75, 3.05) is 10.6 Å². The second kappa shape index (κ2) is 11.6. The zero-order valence-electron chi connectivity index (χ0n) is 20.0. The maximum absolute atomic E-state index is 14.4. The number of carbonyl (C=O) groups is 2. The number of nitrogens with one attached hydrogen (secondary N) is 2. The lowest BCUT2D eigenvalue weighted by Gasteiger charge is -2.18. The van der Waals surface area contributed by atoms with Gasteiger partial charge in [0, 0.05) is 20.6 Å². The molecule has 0 saturated carbocycles. The normalized spacial score (nSPS) is 11.6. The fraction of sp³-hybridized carbons (Fsp3) is 0.0323. The Hall–Kier alpha value is -3.94. The van der Waals surface area contributed by atoms with E-state index < -0.39 is 11.1 Å². The Bertz CT molecular complexity index is 1610. The van der Waals surface area contributed by atoms with Crippen molar-refractivity contribution < 1.29 is 14.0 Å². The summed E-state index contributed by atoms with van der Waals surface area (Å²) >= 11 is 4.58. The number of anilines is 2. The smallest absolute Gasteiger partial charge is 0.255 e. The molecule has 1 unspecified atom stereocenters. The Morgan fingerprint density at radius 1 is 0.737 bits per heavy atom. The summed E-state index contributed by atoms with van der Waals surface area (Å²) in [7, 11) is 0.